The molecular formula is C24H22N4O4S. The summed E-state index contributed by atoms with van der Waals surface area (Å²) in [6.45, 7) is 0.544. The molecule has 168 valence electrons. The van der Waals surface area contributed by atoms with Gasteiger partial charge in [0.2, 0.25) is 15.6 Å². The molecule has 0 spiro atoms. The minimum Gasteiger partial charge on any atom is -0.497 e. The maximum Gasteiger partial charge on any atom is 0.256 e. The fourth-order valence-electron chi connectivity index (χ4n) is 3.79. The third-order valence-electron chi connectivity index (χ3n) is 5.41. The van der Waals surface area contributed by atoms with Gasteiger partial charge in [-0.2, -0.15) is 0 Å². The van der Waals surface area contributed by atoms with Gasteiger partial charge in [-0.3, -0.25) is 0 Å². The number of sulfone groups is 1. The number of hydrogen-bond donors (Lipinski definition) is 0. The predicted octanol–water partition coefficient (Wildman–Crippen LogP) is 3.59. The number of nitrogens with zero attached hydrogens (tertiary/aromatic N) is 4. The molecule has 0 saturated carbocycles. The Kier molecular flexibility index (Phi) is 5.47. The van der Waals surface area contributed by atoms with Crippen molar-refractivity contribution in [1.29, 1.82) is 0 Å². The minimum absolute atomic E-state index is 0.00771. The van der Waals surface area contributed by atoms with Gasteiger partial charge in [0, 0.05) is 0 Å². The summed E-state index contributed by atoms with van der Waals surface area (Å²) < 4.78 is 40.7. The van der Waals surface area contributed by atoms with Gasteiger partial charge in [-0.05, 0) is 42.0 Å². The lowest BCUT2D eigenvalue weighted by molar-refractivity contribution is 0.339. The monoisotopic (exact) mass is 462 g/mol. The van der Waals surface area contributed by atoms with Gasteiger partial charge in [-0.15, -0.1) is 10.2 Å². The Morgan fingerprint density at radius 2 is 1.48 bits per heavy atom. The molecule has 0 N–H and O–H groups in total. The van der Waals surface area contributed by atoms with E-state index in [0.29, 0.717) is 23.8 Å². The average molecular weight is 463 g/mol. The van der Waals surface area contributed by atoms with Crippen molar-refractivity contribution in [2.24, 2.45) is 0 Å². The number of rotatable bonds is 8. The quantitative estimate of drug-likeness (QED) is 0.350. The fourth-order valence-corrected chi connectivity index (χ4v) is 4.90. The number of methoxy groups -OCH3 is 1. The van der Waals surface area contributed by atoms with Crippen molar-refractivity contribution in [3.8, 4) is 11.5 Å². The van der Waals surface area contributed by atoms with Crippen LogP contribution in [0, 0.1) is 0 Å². The van der Waals surface area contributed by atoms with Crippen molar-refractivity contribution in [2.45, 2.75) is 11.7 Å². The van der Waals surface area contributed by atoms with Crippen LogP contribution in [0.4, 0.5) is 0 Å². The Bertz CT molecular complexity index is 1510. The molecule has 0 fully saturated rings. The Morgan fingerprint density at radius 1 is 0.818 bits per heavy atom. The fraction of sp³-hybridized carbons (Fsp3) is 0.167. The van der Waals surface area contributed by atoms with Crippen LogP contribution in [0.5, 0.6) is 11.5 Å². The van der Waals surface area contributed by atoms with Crippen molar-refractivity contribution < 1.29 is 17.9 Å². The van der Waals surface area contributed by atoms with E-state index in [9.17, 15) is 8.42 Å². The van der Waals surface area contributed by atoms with Gasteiger partial charge in [0.1, 0.15) is 18.1 Å². The highest BCUT2D eigenvalue weighted by molar-refractivity contribution is 7.91. The molecule has 2 aromatic heterocycles. The summed E-state index contributed by atoms with van der Waals surface area (Å²) in [6.07, 6.45) is 0. The molecule has 0 unspecified atom stereocenters. The molecule has 0 saturated heterocycles. The first-order valence-electron chi connectivity index (χ1n) is 10.4. The van der Waals surface area contributed by atoms with Gasteiger partial charge < -0.3 is 14.0 Å². The van der Waals surface area contributed by atoms with Crippen molar-refractivity contribution in [3.05, 3.63) is 84.4 Å². The molecule has 3 aromatic carbocycles. The highest BCUT2D eigenvalue weighted by Crippen LogP contribution is 2.25. The van der Waals surface area contributed by atoms with Crippen molar-refractivity contribution in [2.75, 3.05) is 19.5 Å². The first-order valence-corrected chi connectivity index (χ1v) is 12.1. The van der Waals surface area contributed by atoms with Crippen molar-refractivity contribution in [3.63, 3.8) is 0 Å². The van der Waals surface area contributed by atoms with Gasteiger partial charge in [0.25, 0.3) is 5.16 Å². The van der Waals surface area contributed by atoms with E-state index in [4.69, 9.17) is 9.47 Å². The second-order valence-corrected chi connectivity index (χ2v) is 9.52. The van der Waals surface area contributed by atoms with Crippen LogP contribution < -0.4 is 9.47 Å². The third-order valence-corrected chi connectivity index (χ3v) is 6.94. The topological polar surface area (TPSA) is 87.7 Å². The summed E-state index contributed by atoms with van der Waals surface area (Å²) in [6, 6.07) is 24.6. The number of ether oxygens (including phenoxy) is 2. The van der Waals surface area contributed by atoms with Crippen LogP contribution in [0.2, 0.25) is 0 Å². The van der Waals surface area contributed by atoms with Crippen LogP contribution in [0.3, 0.4) is 0 Å². The van der Waals surface area contributed by atoms with Crippen LogP contribution in [0.1, 0.15) is 5.56 Å². The Balaban J connectivity index is 1.46. The lowest BCUT2D eigenvalue weighted by Crippen LogP contribution is -2.16. The van der Waals surface area contributed by atoms with E-state index in [-0.39, 0.29) is 17.5 Å². The molecule has 0 aliphatic heterocycles. The van der Waals surface area contributed by atoms with Gasteiger partial charge in [0.15, 0.2) is 0 Å². The number of hydrogen-bond acceptors (Lipinski definition) is 6. The van der Waals surface area contributed by atoms with E-state index >= 15 is 0 Å². The van der Waals surface area contributed by atoms with Crippen LogP contribution in [-0.2, 0) is 16.4 Å². The standard InChI is InChI=1S/C24H22N4O4S/c1-31-19-11-13-20(14-12-19)32-15-16-33(29,30)24-26-25-23-27(17-18-7-3-2-4-8-18)21-9-5-6-10-22(21)28(23)24/h2-14H,15-17H2,1H3. The minimum atomic E-state index is -3.75. The molecular weight excluding hydrogens is 440 g/mol. The molecule has 5 rings (SSSR count). The Labute approximate surface area is 190 Å². The van der Waals surface area contributed by atoms with Crippen molar-refractivity contribution >= 4 is 26.6 Å². The van der Waals surface area contributed by atoms with E-state index in [1.807, 2.05) is 59.2 Å². The van der Waals surface area contributed by atoms with Crippen LogP contribution >= 0.6 is 0 Å². The first-order chi connectivity index (χ1) is 16.1. The molecule has 0 bridgehead atoms. The summed E-state index contributed by atoms with van der Waals surface area (Å²) >= 11 is 0. The summed E-state index contributed by atoms with van der Waals surface area (Å²) in [7, 11) is -2.17. The Morgan fingerprint density at radius 3 is 2.21 bits per heavy atom. The maximum absolute atomic E-state index is 13.2. The molecule has 0 atom stereocenters. The maximum atomic E-state index is 13.2. The van der Waals surface area contributed by atoms with E-state index < -0.39 is 9.84 Å². The molecule has 2 heterocycles. The summed E-state index contributed by atoms with van der Waals surface area (Å²) in [5.41, 5.74) is 2.71. The van der Waals surface area contributed by atoms with E-state index in [1.165, 1.54) is 0 Å². The summed E-state index contributed by atoms with van der Waals surface area (Å²) in [4.78, 5) is 0. The molecule has 9 heteroatoms. The highest BCUT2D eigenvalue weighted by Gasteiger charge is 2.26. The number of aromatic nitrogens is 4. The summed E-state index contributed by atoms with van der Waals surface area (Å²) in [5.74, 6) is 1.53. The molecule has 33 heavy (non-hydrogen) atoms. The van der Waals surface area contributed by atoms with Crippen LogP contribution in [0.15, 0.2) is 84.0 Å². The largest absolute Gasteiger partial charge is 0.497 e. The summed E-state index contributed by atoms with van der Waals surface area (Å²) in [5, 5.41) is 8.22. The Hall–Kier alpha value is -3.85. The number of imidazole rings is 1. The van der Waals surface area contributed by atoms with Crippen LogP contribution in [0.25, 0.3) is 16.8 Å². The van der Waals surface area contributed by atoms with Gasteiger partial charge >= 0.3 is 0 Å². The zero-order valence-electron chi connectivity index (χ0n) is 18.0. The molecule has 8 nitrogen and oxygen atoms in total. The molecule has 0 aliphatic carbocycles. The van der Waals surface area contributed by atoms with E-state index in [1.54, 1.807) is 35.8 Å². The first kappa shape index (κ1) is 21.0. The number of fused-ring (bicyclic) bond motifs is 3. The lowest BCUT2D eigenvalue weighted by atomic mass is 10.2. The normalized spacial score (nSPS) is 11.8. The number of benzene rings is 3. The smallest absolute Gasteiger partial charge is 0.256 e. The molecule has 0 radical (unpaired) electrons. The second kappa shape index (κ2) is 8.59. The van der Waals surface area contributed by atoms with Gasteiger partial charge in [-0.25, -0.2) is 12.8 Å². The van der Waals surface area contributed by atoms with Crippen LogP contribution in [-0.4, -0.2) is 47.1 Å². The van der Waals surface area contributed by atoms with Gasteiger partial charge in [0.05, 0.1) is 30.4 Å². The van der Waals surface area contributed by atoms with E-state index in [0.717, 1.165) is 16.6 Å². The van der Waals surface area contributed by atoms with Gasteiger partial charge in [-0.1, -0.05) is 42.5 Å². The zero-order valence-corrected chi connectivity index (χ0v) is 18.8. The number of para-hydroxylation sites is 2. The van der Waals surface area contributed by atoms with E-state index in [2.05, 4.69) is 10.2 Å². The third kappa shape index (κ3) is 4.03. The zero-order chi connectivity index (χ0) is 22.8. The second-order valence-electron chi connectivity index (χ2n) is 7.52. The molecule has 0 aliphatic rings. The lowest BCUT2D eigenvalue weighted by Gasteiger charge is -2.07. The average Bonchev–Trinajstić information content (AvgIpc) is 3.40. The molecule has 0 amide bonds. The SMILES string of the molecule is COc1ccc(OCCS(=O)(=O)c2nnc3n(Cc4ccccc4)c4ccccc4n23)cc1. The molecule has 5 aromatic rings. The van der Waals surface area contributed by atoms with Crippen molar-refractivity contribution in [1.82, 2.24) is 19.2 Å². The predicted molar refractivity (Wildman–Crippen MR) is 125 cm³/mol. The highest BCUT2D eigenvalue weighted by atomic mass is 32.2.